The van der Waals surface area contributed by atoms with Gasteiger partial charge in [0.15, 0.2) is 5.75 Å². The van der Waals surface area contributed by atoms with Crippen LogP contribution >= 0.6 is 23.8 Å². The van der Waals surface area contributed by atoms with Crippen LogP contribution in [-0.4, -0.2) is 29.2 Å². The van der Waals surface area contributed by atoms with Gasteiger partial charge in [-0.25, -0.2) is 0 Å². The van der Waals surface area contributed by atoms with Crippen molar-refractivity contribution in [3.63, 3.8) is 0 Å². The average Bonchev–Trinajstić information content (AvgIpc) is 2.96. The molecule has 0 saturated heterocycles. The second-order valence-corrected chi connectivity index (χ2v) is 6.47. The number of halogens is 1. The Morgan fingerprint density at radius 2 is 2.26 bits per heavy atom. The van der Waals surface area contributed by atoms with Crippen molar-refractivity contribution in [2.75, 3.05) is 12.4 Å². The Bertz CT molecular complexity index is 705. The molecule has 0 bridgehead atoms. The number of benzene rings is 1. The summed E-state index contributed by atoms with van der Waals surface area (Å²) in [5, 5.41) is 16.8. The molecule has 1 aromatic carbocycles. The summed E-state index contributed by atoms with van der Waals surface area (Å²) in [5.41, 5.74) is 0.678. The molecule has 5 nitrogen and oxygen atoms in total. The molecule has 1 aromatic rings. The van der Waals surface area contributed by atoms with Crippen molar-refractivity contribution >= 4 is 40.4 Å². The number of aliphatic hydroxyl groups is 1. The van der Waals surface area contributed by atoms with Crippen LogP contribution < -0.4 is 15.4 Å². The first-order chi connectivity index (χ1) is 11.0. The van der Waals surface area contributed by atoms with Gasteiger partial charge in [-0.2, -0.15) is 0 Å². The van der Waals surface area contributed by atoms with E-state index in [-0.39, 0.29) is 34.2 Å². The number of anilines is 1. The van der Waals surface area contributed by atoms with E-state index in [0.717, 1.165) is 19.3 Å². The lowest BCUT2D eigenvalue weighted by molar-refractivity contribution is -0.118. The Kier molecular flexibility index (Phi) is 4.46. The van der Waals surface area contributed by atoms with Gasteiger partial charge in [-0.1, -0.05) is 36.3 Å². The molecule has 1 saturated carbocycles. The molecule has 2 atom stereocenters. The number of fused-ring (bicyclic) bond motifs is 1. The first-order valence-electron chi connectivity index (χ1n) is 7.40. The molecule has 7 heteroatoms. The number of para-hydroxylation sites is 1. The fraction of sp³-hybridized carbons (Fsp3) is 0.375. The lowest BCUT2D eigenvalue weighted by Gasteiger charge is -2.28. The molecular formula is C16H17ClN2O3S. The van der Waals surface area contributed by atoms with Crippen molar-refractivity contribution in [2.24, 2.45) is 5.92 Å². The van der Waals surface area contributed by atoms with Gasteiger partial charge in [0.1, 0.15) is 16.3 Å². The van der Waals surface area contributed by atoms with Crippen LogP contribution in [0.15, 0.2) is 29.5 Å². The molecule has 0 unspecified atom stereocenters. The summed E-state index contributed by atoms with van der Waals surface area (Å²) < 4.78 is 5.25. The third-order valence-corrected chi connectivity index (χ3v) is 4.92. The van der Waals surface area contributed by atoms with Crippen molar-refractivity contribution < 1.29 is 14.6 Å². The molecule has 1 fully saturated rings. The minimum Gasteiger partial charge on any atom is -0.511 e. The van der Waals surface area contributed by atoms with Gasteiger partial charge in [-0.05, 0) is 25.0 Å². The topological polar surface area (TPSA) is 70.6 Å². The standard InChI is InChI=1S/C16H17ClN2O3S/c1-22-14-9(17)5-3-7-11(14)19-16(23)12-13(20)8-4-2-6-10(8)18-15(12)21/h3,5,7-8,10,20H,2,4,6H2,1H3,(H,18,21)(H,19,23)/t8-,10+/m0/s1. The Balaban J connectivity index is 1.90. The van der Waals surface area contributed by atoms with Crippen LogP contribution in [0.2, 0.25) is 5.02 Å². The summed E-state index contributed by atoms with van der Waals surface area (Å²) in [5.74, 6) is 0.120. The highest BCUT2D eigenvalue weighted by atomic mass is 35.5. The number of hydrogen-bond acceptors (Lipinski definition) is 4. The Morgan fingerprint density at radius 3 is 3.00 bits per heavy atom. The van der Waals surface area contributed by atoms with Crippen molar-refractivity contribution in [2.45, 2.75) is 25.3 Å². The molecule has 0 aromatic heterocycles. The maximum absolute atomic E-state index is 12.3. The SMILES string of the molecule is COc1c(Cl)cccc1NC(=S)C1=C(O)[C@H]2CCC[C@H]2NC1=O. The number of hydrogen-bond donors (Lipinski definition) is 3. The molecule has 1 aliphatic carbocycles. The van der Waals surface area contributed by atoms with Gasteiger partial charge in [0.05, 0.1) is 17.8 Å². The lowest BCUT2D eigenvalue weighted by atomic mass is 9.92. The Morgan fingerprint density at radius 1 is 1.48 bits per heavy atom. The molecular weight excluding hydrogens is 336 g/mol. The van der Waals surface area contributed by atoms with Crippen molar-refractivity contribution in [3.8, 4) is 5.75 Å². The van der Waals surface area contributed by atoms with Gasteiger partial charge >= 0.3 is 0 Å². The van der Waals surface area contributed by atoms with E-state index in [1.165, 1.54) is 7.11 Å². The van der Waals surface area contributed by atoms with Gasteiger partial charge in [-0.15, -0.1) is 0 Å². The number of rotatable bonds is 3. The van der Waals surface area contributed by atoms with Gasteiger partial charge in [0.2, 0.25) is 0 Å². The summed E-state index contributed by atoms with van der Waals surface area (Å²) in [6.45, 7) is 0. The fourth-order valence-electron chi connectivity index (χ4n) is 3.22. The number of amides is 1. The van der Waals surface area contributed by atoms with E-state index in [9.17, 15) is 9.90 Å². The summed E-state index contributed by atoms with van der Waals surface area (Å²) in [4.78, 5) is 12.4. The average molecular weight is 353 g/mol. The maximum Gasteiger partial charge on any atom is 0.257 e. The number of aliphatic hydroxyl groups excluding tert-OH is 1. The molecule has 3 rings (SSSR count). The van der Waals surface area contributed by atoms with Gasteiger partial charge in [0, 0.05) is 12.0 Å². The molecule has 0 radical (unpaired) electrons. The monoisotopic (exact) mass is 352 g/mol. The second kappa shape index (κ2) is 6.37. The van der Waals surface area contributed by atoms with E-state index >= 15 is 0 Å². The first-order valence-corrected chi connectivity index (χ1v) is 8.19. The highest BCUT2D eigenvalue weighted by molar-refractivity contribution is 7.81. The van der Waals surface area contributed by atoms with Gasteiger partial charge in [-0.3, -0.25) is 4.79 Å². The van der Waals surface area contributed by atoms with Crippen LogP contribution in [0, 0.1) is 5.92 Å². The minimum atomic E-state index is -0.343. The number of nitrogens with one attached hydrogen (secondary N) is 2. The summed E-state index contributed by atoms with van der Waals surface area (Å²) >= 11 is 11.4. The zero-order valence-corrected chi connectivity index (χ0v) is 14.1. The fourth-order valence-corrected chi connectivity index (χ4v) is 3.78. The van der Waals surface area contributed by atoms with E-state index in [0.29, 0.717) is 16.5 Å². The van der Waals surface area contributed by atoms with E-state index in [1.54, 1.807) is 18.2 Å². The van der Waals surface area contributed by atoms with Crippen molar-refractivity contribution in [3.05, 3.63) is 34.6 Å². The van der Waals surface area contributed by atoms with Gasteiger partial charge < -0.3 is 20.5 Å². The normalized spacial score (nSPS) is 23.3. The van der Waals surface area contributed by atoms with Crippen LogP contribution in [0.25, 0.3) is 0 Å². The number of carbonyl (C=O) groups excluding carboxylic acids is 1. The largest absolute Gasteiger partial charge is 0.511 e. The molecule has 1 amide bonds. The van der Waals surface area contributed by atoms with Crippen LogP contribution in [0.4, 0.5) is 5.69 Å². The highest BCUT2D eigenvalue weighted by Crippen LogP contribution is 2.37. The number of ether oxygens (including phenoxy) is 1. The zero-order valence-electron chi connectivity index (χ0n) is 12.6. The quantitative estimate of drug-likeness (QED) is 0.729. The van der Waals surface area contributed by atoms with Gasteiger partial charge in [0.25, 0.3) is 5.91 Å². The lowest BCUT2D eigenvalue weighted by Crippen LogP contribution is -2.46. The molecule has 1 heterocycles. The van der Waals surface area contributed by atoms with E-state index in [2.05, 4.69) is 10.6 Å². The third-order valence-electron chi connectivity index (χ3n) is 4.31. The molecule has 2 aliphatic rings. The molecule has 0 spiro atoms. The van der Waals surface area contributed by atoms with Crippen molar-refractivity contribution in [1.82, 2.24) is 5.32 Å². The number of carbonyl (C=O) groups is 1. The third kappa shape index (κ3) is 2.88. The molecule has 1 aliphatic heterocycles. The minimum absolute atomic E-state index is 0.00903. The smallest absolute Gasteiger partial charge is 0.257 e. The predicted molar refractivity (Wildman–Crippen MR) is 93.2 cm³/mol. The van der Waals surface area contributed by atoms with E-state index < -0.39 is 0 Å². The van der Waals surface area contributed by atoms with Crippen LogP contribution in [0.3, 0.4) is 0 Å². The summed E-state index contributed by atoms with van der Waals surface area (Å²) in [7, 11) is 1.50. The van der Waals surface area contributed by atoms with Crippen LogP contribution in [-0.2, 0) is 4.79 Å². The highest BCUT2D eigenvalue weighted by Gasteiger charge is 2.40. The molecule has 23 heavy (non-hydrogen) atoms. The molecule has 3 N–H and O–H groups in total. The Labute approximate surface area is 144 Å². The van der Waals surface area contributed by atoms with Crippen LogP contribution in [0.5, 0.6) is 5.75 Å². The van der Waals surface area contributed by atoms with Crippen LogP contribution in [0.1, 0.15) is 19.3 Å². The number of thiocarbonyl (C=S) groups is 1. The van der Waals surface area contributed by atoms with E-state index in [4.69, 9.17) is 28.6 Å². The maximum atomic E-state index is 12.3. The second-order valence-electron chi connectivity index (χ2n) is 5.65. The number of methoxy groups -OCH3 is 1. The van der Waals surface area contributed by atoms with Crippen molar-refractivity contribution in [1.29, 1.82) is 0 Å². The first kappa shape index (κ1) is 16.1. The molecule has 122 valence electrons. The Hall–Kier alpha value is -1.79. The predicted octanol–water partition coefficient (Wildman–Crippen LogP) is 3.20. The summed E-state index contributed by atoms with van der Waals surface area (Å²) in [6.07, 6.45) is 2.72. The zero-order chi connectivity index (χ0) is 16.6. The summed E-state index contributed by atoms with van der Waals surface area (Å²) in [6, 6.07) is 5.20. The van der Waals surface area contributed by atoms with E-state index in [1.807, 2.05) is 0 Å².